The average molecular weight is 586 g/mol. The van der Waals surface area contributed by atoms with Crippen LogP contribution in [0.25, 0.3) is 0 Å². The molecule has 2 fully saturated rings. The molecule has 2 aromatic carbocycles. The van der Waals surface area contributed by atoms with Crippen LogP contribution in [-0.4, -0.2) is 79.5 Å². The Morgan fingerprint density at radius 1 is 0.953 bits per heavy atom. The molecule has 1 atom stereocenters. The van der Waals surface area contributed by atoms with Crippen LogP contribution in [0, 0.1) is 12.8 Å². The molecule has 0 spiro atoms. The number of carbonyl (C=O) groups is 2. The van der Waals surface area contributed by atoms with Crippen LogP contribution < -0.4 is 4.74 Å². The number of hydrogen-bond acceptors (Lipinski definition) is 6. The third-order valence-corrected chi connectivity index (χ3v) is 9.22. The van der Waals surface area contributed by atoms with Crippen LogP contribution in [0.5, 0.6) is 5.75 Å². The normalized spacial score (nSPS) is 19.4. The molecule has 3 aromatic rings. The Kier molecular flexibility index (Phi) is 9.14. The summed E-state index contributed by atoms with van der Waals surface area (Å²) in [5, 5.41) is 0. The van der Waals surface area contributed by atoms with Crippen molar-refractivity contribution in [3.05, 3.63) is 88.4 Å². The molecule has 0 radical (unpaired) electrons. The van der Waals surface area contributed by atoms with E-state index in [9.17, 15) is 9.59 Å². The number of furan rings is 1. The molecule has 1 saturated heterocycles. The second-order valence-corrected chi connectivity index (χ2v) is 12.1. The molecule has 1 aromatic heterocycles. The highest BCUT2D eigenvalue weighted by Gasteiger charge is 2.36. The number of aryl methyl sites for hydroxylation is 1. The number of piperazine rings is 1. The van der Waals surface area contributed by atoms with Crippen molar-refractivity contribution in [1.29, 1.82) is 0 Å². The second-order valence-electron chi connectivity index (χ2n) is 12.1. The number of methoxy groups -OCH3 is 1. The van der Waals surface area contributed by atoms with Gasteiger partial charge in [-0.1, -0.05) is 48.7 Å². The minimum Gasteiger partial charge on any atom is -0.486 e. The molecular formula is C35H43N3O5. The van der Waals surface area contributed by atoms with Crippen molar-refractivity contribution in [2.24, 2.45) is 5.92 Å². The number of carbonyl (C=O) groups excluding carboxylic acids is 2. The standard InChI is InChI=1S/C35H43N3O5/c1-25-6-5-9-28(22-25)33-31-23-29(11-10-26(31)14-15-38(33)34(39)27-7-3-4-8-27)42-24-30-12-13-32(43-30)35(40)37-18-16-36(17-19-37)20-21-41-2/h5-6,9-13,22-23,27,33H,3-4,7-8,14-21,24H2,1-2H3. The van der Waals surface area contributed by atoms with Crippen LogP contribution in [0.4, 0.5) is 0 Å². The number of hydrogen-bond donors (Lipinski definition) is 0. The molecule has 3 aliphatic rings. The quantitative estimate of drug-likeness (QED) is 0.342. The van der Waals surface area contributed by atoms with Gasteiger partial charge in [-0.05, 0) is 67.1 Å². The Morgan fingerprint density at radius 3 is 2.53 bits per heavy atom. The molecule has 1 aliphatic carbocycles. The van der Waals surface area contributed by atoms with E-state index in [0.29, 0.717) is 31.2 Å². The van der Waals surface area contributed by atoms with E-state index in [1.807, 2.05) is 17.0 Å². The van der Waals surface area contributed by atoms with Crippen LogP contribution in [0.2, 0.25) is 0 Å². The molecule has 8 heteroatoms. The van der Waals surface area contributed by atoms with Gasteiger partial charge in [0.25, 0.3) is 5.91 Å². The lowest BCUT2D eigenvalue weighted by Crippen LogP contribution is -2.49. The van der Waals surface area contributed by atoms with E-state index >= 15 is 0 Å². The van der Waals surface area contributed by atoms with Crippen molar-refractivity contribution >= 4 is 11.8 Å². The second kappa shape index (κ2) is 13.3. The van der Waals surface area contributed by atoms with Crippen LogP contribution in [-0.2, 0) is 22.6 Å². The molecule has 1 saturated carbocycles. The van der Waals surface area contributed by atoms with Crippen molar-refractivity contribution in [2.45, 2.75) is 51.7 Å². The van der Waals surface area contributed by atoms with E-state index < -0.39 is 0 Å². The van der Waals surface area contributed by atoms with Gasteiger partial charge >= 0.3 is 0 Å². The van der Waals surface area contributed by atoms with E-state index in [0.717, 1.165) is 75.2 Å². The zero-order chi connectivity index (χ0) is 29.8. The summed E-state index contributed by atoms with van der Waals surface area (Å²) >= 11 is 0. The average Bonchev–Trinajstić information content (AvgIpc) is 3.75. The Labute approximate surface area is 254 Å². The smallest absolute Gasteiger partial charge is 0.289 e. The molecular weight excluding hydrogens is 542 g/mol. The monoisotopic (exact) mass is 585 g/mol. The summed E-state index contributed by atoms with van der Waals surface area (Å²) in [5.74, 6) is 2.00. The van der Waals surface area contributed by atoms with Gasteiger partial charge in [-0.25, -0.2) is 0 Å². The highest BCUT2D eigenvalue weighted by atomic mass is 16.5. The molecule has 0 bridgehead atoms. The van der Waals surface area contributed by atoms with Gasteiger partial charge in [0, 0.05) is 52.3 Å². The zero-order valence-corrected chi connectivity index (χ0v) is 25.4. The fraction of sp³-hybridized carbons (Fsp3) is 0.486. The van der Waals surface area contributed by atoms with E-state index in [2.05, 4.69) is 53.1 Å². The summed E-state index contributed by atoms with van der Waals surface area (Å²) in [4.78, 5) is 33.1. The summed E-state index contributed by atoms with van der Waals surface area (Å²) in [7, 11) is 1.71. The zero-order valence-electron chi connectivity index (χ0n) is 25.4. The van der Waals surface area contributed by atoms with Gasteiger partial charge in [0.15, 0.2) is 5.76 Å². The third-order valence-electron chi connectivity index (χ3n) is 9.22. The van der Waals surface area contributed by atoms with Crippen molar-refractivity contribution in [3.8, 4) is 5.75 Å². The van der Waals surface area contributed by atoms with Crippen molar-refractivity contribution < 1.29 is 23.5 Å². The summed E-state index contributed by atoms with van der Waals surface area (Å²) in [6.45, 7) is 7.63. The Bertz CT molecular complexity index is 1420. The molecule has 43 heavy (non-hydrogen) atoms. The molecule has 2 aliphatic heterocycles. The minimum atomic E-state index is -0.136. The summed E-state index contributed by atoms with van der Waals surface area (Å²) in [6.07, 6.45) is 5.09. The van der Waals surface area contributed by atoms with E-state index in [4.69, 9.17) is 13.9 Å². The topological polar surface area (TPSA) is 75.5 Å². The highest BCUT2D eigenvalue weighted by molar-refractivity contribution is 5.91. The van der Waals surface area contributed by atoms with Crippen LogP contribution in [0.15, 0.2) is 59.0 Å². The van der Waals surface area contributed by atoms with Crippen LogP contribution >= 0.6 is 0 Å². The van der Waals surface area contributed by atoms with Crippen molar-refractivity contribution in [2.75, 3.05) is 53.0 Å². The molecule has 6 rings (SSSR count). The Balaban J connectivity index is 1.15. The number of rotatable bonds is 9. The first-order chi connectivity index (χ1) is 21.0. The lowest BCUT2D eigenvalue weighted by Gasteiger charge is -2.39. The van der Waals surface area contributed by atoms with Gasteiger partial charge < -0.3 is 23.7 Å². The maximum Gasteiger partial charge on any atom is 0.289 e. The Hall–Kier alpha value is -3.62. The van der Waals surface area contributed by atoms with E-state index in [-0.39, 0.29) is 30.4 Å². The van der Waals surface area contributed by atoms with Gasteiger partial charge in [0.05, 0.1) is 12.6 Å². The van der Waals surface area contributed by atoms with Crippen LogP contribution in [0.3, 0.4) is 0 Å². The first-order valence-corrected chi connectivity index (χ1v) is 15.7. The van der Waals surface area contributed by atoms with Crippen LogP contribution in [0.1, 0.15) is 70.3 Å². The Morgan fingerprint density at radius 2 is 1.77 bits per heavy atom. The summed E-state index contributed by atoms with van der Waals surface area (Å²) in [6, 6.07) is 18.2. The van der Waals surface area contributed by atoms with E-state index in [1.54, 1.807) is 13.2 Å². The van der Waals surface area contributed by atoms with Gasteiger partial charge in [0.1, 0.15) is 18.1 Å². The molecule has 2 amide bonds. The number of ether oxygens (including phenoxy) is 2. The fourth-order valence-corrected chi connectivity index (χ4v) is 6.80. The molecule has 8 nitrogen and oxygen atoms in total. The summed E-state index contributed by atoms with van der Waals surface area (Å²) in [5.41, 5.74) is 4.70. The number of fused-ring (bicyclic) bond motifs is 1. The van der Waals surface area contributed by atoms with Gasteiger partial charge in [-0.2, -0.15) is 0 Å². The summed E-state index contributed by atoms with van der Waals surface area (Å²) < 4.78 is 17.3. The molecule has 1 unspecified atom stereocenters. The minimum absolute atomic E-state index is 0.0839. The van der Waals surface area contributed by atoms with Gasteiger partial charge in [0.2, 0.25) is 5.91 Å². The lowest BCUT2D eigenvalue weighted by atomic mass is 9.86. The maximum absolute atomic E-state index is 13.7. The van der Waals surface area contributed by atoms with Gasteiger partial charge in [-0.15, -0.1) is 0 Å². The van der Waals surface area contributed by atoms with Gasteiger partial charge in [-0.3, -0.25) is 14.5 Å². The highest BCUT2D eigenvalue weighted by Crippen LogP contribution is 2.40. The predicted octanol–water partition coefficient (Wildman–Crippen LogP) is 5.24. The van der Waals surface area contributed by atoms with Crippen molar-refractivity contribution in [1.82, 2.24) is 14.7 Å². The lowest BCUT2D eigenvalue weighted by molar-refractivity contribution is -0.137. The SMILES string of the molecule is COCCN1CCN(C(=O)c2ccc(COc3ccc4c(c3)C(c3cccc(C)c3)N(C(=O)C3CCCC3)CC4)o2)CC1. The predicted molar refractivity (Wildman–Crippen MR) is 164 cm³/mol. The molecule has 3 heterocycles. The maximum atomic E-state index is 13.7. The fourth-order valence-electron chi connectivity index (χ4n) is 6.80. The van der Waals surface area contributed by atoms with E-state index in [1.165, 1.54) is 11.1 Å². The first kappa shape index (κ1) is 29.5. The van der Waals surface area contributed by atoms with Crippen molar-refractivity contribution in [3.63, 3.8) is 0 Å². The largest absolute Gasteiger partial charge is 0.486 e. The number of nitrogens with zero attached hydrogens (tertiary/aromatic N) is 3. The molecule has 228 valence electrons. The molecule has 0 N–H and O–H groups in total. The number of amides is 2. The third kappa shape index (κ3) is 6.65. The first-order valence-electron chi connectivity index (χ1n) is 15.7. The number of benzene rings is 2.